The molecule has 0 atom stereocenters. The molecule has 2 heterocycles. The molecule has 0 aliphatic heterocycles. The first-order valence-electron chi connectivity index (χ1n) is 16.8. The van der Waals surface area contributed by atoms with Crippen LogP contribution in [0.3, 0.4) is 0 Å². The second-order valence-corrected chi connectivity index (χ2v) is 12.9. The first-order chi connectivity index (χ1) is 24.3. The van der Waals surface area contributed by atoms with Gasteiger partial charge >= 0.3 is 0 Å². The normalized spacial score (nSPS) is 12.1. The zero-order valence-electron chi connectivity index (χ0n) is 26.5. The topological polar surface area (TPSA) is 21.3 Å². The van der Waals surface area contributed by atoms with Crippen LogP contribution < -0.4 is 4.90 Å². The van der Waals surface area contributed by atoms with Crippen molar-refractivity contribution in [3.8, 4) is 5.69 Å². The number of para-hydroxylation sites is 2. The Kier molecular flexibility index (Phi) is 5.38. The highest BCUT2D eigenvalue weighted by Crippen LogP contribution is 2.48. The minimum absolute atomic E-state index is 0.921. The number of anilines is 3. The lowest BCUT2D eigenvalue weighted by molar-refractivity contribution is 0.673. The van der Waals surface area contributed by atoms with Crippen molar-refractivity contribution in [3.05, 3.63) is 170 Å². The number of nitrogens with zero attached hydrogens (tertiary/aromatic N) is 2. The average Bonchev–Trinajstić information content (AvgIpc) is 3.72. The maximum Gasteiger partial charge on any atom is 0.143 e. The van der Waals surface area contributed by atoms with Gasteiger partial charge in [-0.3, -0.25) is 0 Å². The molecule has 0 aliphatic carbocycles. The molecule has 0 fully saturated rings. The lowest BCUT2D eigenvalue weighted by atomic mass is 9.93. The third-order valence-electron chi connectivity index (χ3n) is 10.3. The van der Waals surface area contributed by atoms with Gasteiger partial charge in [-0.25, -0.2) is 0 Å². The number of benzene rings is 8. The molecule has 3 heteroatoms. The summed E-state index contributed by atoms with van der Waals surface area (Å²) in [6.45, 7) is 0. The van der Waals surface area contributed by atoms with E-state index in [1.54, 1.807) is 0 Å². The number of furan rings is 1. The monoisotopic (exact) mass is 624 g/mol. The van der Waals surface area contributed by atoms with E-state index in [-0.39, 0.29) is 0 Å². The predicted octanol–water partition coefficient (Wildman–Crippen LogP) is 13.1. The number of hydrogen-bond donors (Lipinski definition) is 0. The van der Waals surface area contributed by atoms with Gasteiger partial charge in [0.05, 0.1) is 11.0 Å². The lowest BCUT2D eigenvalue weighted by Gasteiger charge is -2.25. The molecule has 0 unspecified atom stereocenters. The van der Waals surface area contributed by atoms with E-state index < -0.39 is 0 Å². The summed E-state index contributed by atoms with van der Waals surface area (Å²) in [6.07, 6.45) is 0. The van der Waals surface area contributed by atoms with Crippen molar-refractivity contribution >= 4 is 93.1 Å². The Bertz CT molecular complexity index is 2990. The molecule has 0 spiro atoms. The molecule has 3 nitrogen and oxygen atoms in total. The van der Waals surface area contributed by atoms with Gasteiger partial charge in [0.25, 0.3) is 0 Å². The van der Waals surface area contributed by atoms with Crippen LogP contribution in [-0.2, 0) is 0 Å². The SMILES string of the molecule is c1ccc(N(c2ccccc2)c2ccc(-n3c4cccc5c6ccccc6c6cc7ccccc7c7oc8ccc3c(c8c67)c54)cc2)cc1. The maximum atomic E-state index is 6.83. The Morgan fingerprint density at radius 2 is 0.980 bits per heavy atom. The van der Waals surface area contributed by atoms with Gasteiger partial charge in [-0.05, 0) is 99.7 Å². The number of aromatic nitrogens is 1. The Morgan fingerprint density at radius 3 is 1.71 bits per heavy atom. The van der Waals surface area contributed by atoms with E-state index in [1.807, 2.05) is 0 Å². The van der Waals surface area contributed by atoms with Crippen LogP contribution in [0.2, 0.25) is 0 Å². The van der Waals surface area contributed by atoms with Crippen LogP contribution in [0.5, 0.6) is 0 Å². The van der Waals surface area contributed by atoms with Gasteiger partial charge in [-0.15, -0.1) is 0 Å². The van der Waals surface area contributed by atoms with E-state index in [0.717, 1.165) is 39.3 Å². The summed E-state index contributed by atoms with van der Waals surface area (Å²) in [6, 6.07) is 61.1. The van der Waals surface area contributed by atoms with E-state index in [9.17, 15) is 0 Å². The summed E-state index contributed by atoms with van der Waals surface area (Å²) in [4.78, 5) is 2.31. The van der Waals surface area contributed by atoms with E-state index >= 15 is 0 Å². The maximum absolute atomic E-state index is 6.83. The molecular weight excluding hydrogens is 597 g/mol. The van der Waals surface area contributed by atoms with Crippen molar-refractivity contribution in [3.63, 3.8) is 0 Å². The molecule has 11 aromatic rings. The fraction of sp³-hybridized carbons (Fsp3) is 0. The summed E-state index contributed by atoms with van der Waals surface area (Å²) in [5, 5.41) is 12.1. The average molecular weight is 625 g/mol. The van der Waals surface area contributed by atoms with Gasteiger partial charge in [0.2, 0.25) is 0 Å². The van der Waals surface area contributed by atoms with Crippen LogP contribution in [0.15, 0.2) is 174 Å². The molecule has 0 saturated heterocycles. The van der Waals surface area contributed by atoms with E-state index in [2.05, 4.69) is 179 Å². The lowest BCUT2D eigenvalue weighted by Crippen LogP contribution is -2.09. The molecule has 49 heavy (non-hydrogen) atoms. The summed E-state index contributed by atoms with van der Waals surface area (Å²) >= 11 is 0. The van der Waals surface area contributed by atoms with Gasteiger partial charge in [-0.2, -0.15) is 0 Å². The van der Waals surface area contributed by atoms with Gasteiger partial charge in [0.1, 0.15) is 11.2 Å². The van der Waals surface area contributed by atoms with Crippen LogP contribution in [0.4, 0.5) is 17.1 Å². The molecule has 2 aromatic heterocycles. The van der Waals surface area contributed by atoms with Gasteiger partial charge in [0.15, 0.2) is 0 Å². The number of rotatable bonds is 4. The van der Waals surface area contributed by atoms with Crippen LogP contribution in [0.25, 0.3) is 81.7 Å². The minimum atomic E-state index is 0.921. The molecule has 0 amide bonds. The van der Waals surface area contributed by atoms with Gasteiger partial charge < -0.3 is 13.9 Å². The summed E-state index contributed by atoms with van der Waals surface area (Å²) in [5.41, 5.74) is 8.70. The second-order valence-electron chi connectivity index (χ2n) is 12.9. The summed E-state index contributed by atoms with van der Waals surface area (Å²) < 4.78 is 9.26. The molecule has 0 aliphatic rings. The smallest absolute Gasteiger partial charge is 0.143 e. The van der Waals surface area contributed by atoms with E-state index in [0.29, 0.717) is 0 Å². The molecular formula is C46H28N2O. The fourth-order valence-corrected chi connectivity index (χ4v) is 8.26. The van der Waals surface area contributed by atoms with Crippen LogP contribution in [-0.4, -0.2) is 4.57 Å². The quantitative estimate of drug-likeness (QED) is 0.194. The first kappa shape index (κ1) is 26.5. The molecule has 228 valence electrons. The fourth-order valence-electron chi connectivity index (χ4n) is 8.26. The molecule has 0 radical (unpaired) electrons. The highest BCUT2D eigenvalue weighted by Gasteiger charge is 2.24. The van der Waals surface area contributed by atoms with Crippen molar-refractivity contribution in [2.75, 3.05) is 4.90 Å². The highest BCUT2D eigenvalue weighted by molar-refractivity contribution is 6.40. The van der Waals surface area contributed by atoms with Crippen LogP contribution in [0.1, 0.15) is 0 Å². The standard InChI is InChI=1S/C46H28N2O/c1-3-13-30(14-4-1)47(31-15-5-2-6-16-31)32-22-24-33(25-23-32)48-39-21-11-20-37-35-18-9-10-19-36(35)38-28-29-12-7-8-17-34(29)46-43(38)45-41(49-46)27-26-40(48)44(45)42(37)39/h1-28H. The Balaban J connectivity index is 1.24. The zero-order valence-corrected chi connectivity index (χ0v) is 26.5. The van der Waals surface area contributed by atoms with Crippen molar-refractivity contribution in [1.29, 1.82) is 0 Å². The third-order valence-corrected chi connectivity index (χ3v) is 10.3. The molecule has 11 rings (SSSR count). The van der Waals surface area contributed by atoms with Gasteiger partial charge in [0, 0.05) is 49.7 Å². The third kappa shape index (κ3) is 3.67. The molecule has 9 aromatic carbocycles. The Labute approximate surface area is 281 Å². The highest BCUT2D eigenvalue weighted by atomic mass is 16.3. The second kappa shape index (κ2) is 9.96. The molecule has 0 N–H and O–H groups in total. The van der Waals surface area contributed by atoms with E-state index in [4.69, 9.17) is 4.42 Å². The summed E-state index contributed by atoms with van der Waals surface area (Å²) in [7, 11) is 0. The van der Waals surface area contributed by atoms with Crippen molar-refractivity contribution in [1.82, 2.24) is 4.57 Å². The van der Waals surface area contributed by atoms with E-state index in [1.165, 1.54) is 59.5 Å². The summed E-state index contributed by atoms with van der Waals surface area (Å²) in [5.74, 6) is 0. The largest absolute Gasteiger partial charge is 0.455 e. The molecule has 0 bridgehead atoms. The van der Waals surface area contributed by atoms with Crippen LogP contribution >= 0.6 is 0 Å². The molecule has 0 saturated carbocycles. The van der Waals surface area contributed by atoms with Crippen molar-refractivity contribution < 1.29 is 4.42 Å². The van der Waals surface area contributed by atoms with Gasteiger partial charge in [-0.1, -0.05) is 97.1 Å². The number of hydrogen-bond acceptors (Lipinski definition) is 2. The van der Waals surface area contributed by atoms with Crippen LogP contribution in [0, 0.1) is 0 Å². The zero-order chi connectivity index (χ0) is 32.1. The van der Waals surface area contributed by atoms with Crippen molar-refractivity contribution in [2.24, 2.45) is 0 Å². The predicted molar refractivity (Wildman–Crippen MR) is 206 cm³/mol. The Morgan fingerprint density at radius 1 is 0.388 bits per heavy atom. The first-order valence-corrected chi connectivity index (χ1v) is 16.8. The number of fused-ring (bicyclic) bond motifs is 5. The minimum Gasteiger partial charge on any atom is -0.455 e. The van der Waals surface area contributed by atoms with Crippen molar-refractivity contribution in [2.45, 2.75) is 0 Å². The Hall–Kier alpha value is -6.58.